The standard InChI is InChI=1S/C18H24N2S/c1-13-11-14(9-10-19)12-20-17(13)21-16-7-5-15(6-8-16)18(2,3)4/h5-8,11-12H,9-10,19H2,1-4H3. The minimum Gasteiger partial charge on any atom is -0.330 e. The molecule has 112 valence electrons. The van der Waals surface area contributed by atoms with E-state index in [0.717, 1.165) is 11.4 Å². The maximum Gasteiger partial charge on any atom is 0.104 e. The van der Waals surface area contributed by atoms with Crippen molar-refractivity contribution >= 4 is 11.8 Å². The maximum absolute atomic E-state index is 5.59. The van der Waals surface area contributed by atoms with Crippen molar-refractivity contribution in [3.63, 3.8) is 0 Å². The van der Waals surface area contributed by atoms with Gasteiger partial charge in [-0.25, -0.2) is 4.98 Å². The second-order valence-electron chi connectivity index (χ2n) is 6.38. The third-order valence-corrected chi connectivity index (χ3v) is 4.58. The van der Waals surface area contributed by atoms with Crippen LogP contribution in [-0.2, 0) is 11.8 Å². The molecule has 2 nitrogen and oxygen atoms in total. The van der Waals surface area contributed by atoms with E-state index in [4.69, 9.17) is 5.73 Å². The van der Waals surface area contributed by atoms with Crippen molar-refractivity contribution in [2.45, 2.75) is 49.5 Å². The first-order valence-corrected chi connectivity index (χ1v) is 8.16. The van der Waals surface area contributed by atoms with E-state index in [1.165, 1.54) is 21.6 Å². The molecule has 1 aromatic carbocycles. The van der Waals surface area contributed by atoms with Crippen LogP contribution in [0, 0.1) is 6.92 Å². The first kappa shape index (κ1) is 16.1. The van der Waals surface area contributed by atoms with Crippen LogP contribution in [-0.4, -0.2) is 11.5 Å². The predicted molar refractivity (Wildman–Crippen MR) is 91.0 cm³/mol. The molecule has 2 N–H and O–H groups in total. The fourth-order valence-corrected chi connectivity index (χ4v) is 2.99. The Kier molecular flexibility index (Phi) is 5.07. The molecule has 0 spiro atoms. The molecule has 0 radical (unpaired) electrons. The highest BCUT2D eigenvalue weighted by Crippen LogP contribution is 2.31. The zero-order valence-electron chi connectivity index (χ0n) is 13.3. The fraction of sp³-hybridized carbons (Fsp3) is 0.389. The summed E-state index contributed by atoms with van der Waals surface area (Å²) >= 11 is 1.72. The summed E-state index contributed by atoms with van der Waals surface area (Å²) in [4.78, 5) is 5.80. The van der Waals surface area contributed by atoms with Crippen LogP contribution in [0.4, 0.5) is 0 Å². The van der Waals surface area contributed by atoms with Gasteiger partial charge in [-0.2, -0.15) is 0 Å². The Morgan fingerprint density at radius 1 is 1.14 bits per heavy atom. The highest BCUT2D eigenvalue weighted by atomic mass is 32.2. The molecule has 0 fully saturated rings. The van der Waals surface area contributed by atoms with Crippen LogP contribution in [0.1, 0.15) is 37.5 Å². The van der Waals surface area contributed by atoms with Crippen LogP contribution in [0.5, 0.6) is 0 Å². The molecule has 0 bridgehead atoms. The Bertz CT molecular complexity index is 598. The number of aryl methyl sites for hydroxylation is 1. The van der Waals surface area contributed by atoms with E-state index >= 15 is 0 Å². The van der Waals surface area contributed by atoms with Crippen molar-refractivity contribution in [3.05, 3.63) is 53.2 Å². The second kappa shape index (κ2) is 6.63. The van der Waals surface area contributed by atoms with E-state index in [1.54, 1.807) is 11.8 Å². The molecule has 0 aliphatic heterocycles. The van der Waals surface area contributed by atoms with Crippen LogP contribution in [0.25, 0.3) is 0 Å². The molecule has 0 aliphatic rings. The number of hydrogen-bond acceptors (Lipinski definition) is 3. The molecule has 0 aliphatic carbocycles. The molecule has 1 aromatic heterocycles. The van der Waals surface area contributed by atoms with Crippen molar-refractivity contribution in [2.24, 2.45) is 5.73 Å². The van der Waals surface area contributed by atoms with Crippen LogP contribution >= 0.6 is 11.8 Å². The van der Waals surface area contributed by atoms with E-state index in [1.807, 2.05) is 6.20 Å². The monoisotopic (exact) mass is 300 g/mol. The Labute approximate surface area is 132 Å². The SMILES string of the molecule is Cc1cc(CCN)cnc1Sc1ccc(C(C)(C)C)cc1. The quantitative estimate of drug-likeness (QED) is 0.913. The molecule has 0 saturated carbocycles. The van der Waals surface area contributed by atoms with Crippen molar-refractivity contribution in [1.82, 2.24) is 4.98 Å². The topological polar surface area (TPSA) is 38.9 Å². The molecular weight excluding hydrogens is 276 g/mol. The Balaban J connectivity index is 2.15. The van der Waals surface area contributed by atoms with Gasteiger partial charge in [0.05, 0.1) is 0 Å². The molecular formula is C18H24N2S. The highest BCUT2D eigenvalue weighted by Gasteiger charge is 2.13. The van der Waals surface area contributed by atoms with Crippen molar-refractivity contribution < 1.29 is 0 Å². The third-order valence-electron chi connectivity index (χ3n) is 3.45. The number of hydrogen-bond donors (Lipinski definition) is 1. The number of rotatable bonds is 4. The van der Waals surface area contributed by atoms with Gasteiger partial charge in [0.25, 0.3) is 0 Å². The lowest BCUT2D eigenvalue weighted by Crippen LogP contribution is -2.10. The Hall–Kier alpha value is -1.32. The van der Waals surface area contributed by atoms with Gasteiger partial charge in [-0.3, -0.25) is 0 Å². The number of pyridine rings is 1. The smallest absolute Gasteiger partial charge is 0.104 e. The van der Waals surface area contributed by atoms with Gasteiger partial charge in [0.15, 0.2) is 0 Å². The van der Waals surface area contributed by atoms with Crippen LogP contribution in [0.15, 0.2) is 46.5 Å². The summed E-state index contributed by atoms with van der Waals surface area (Å²) in [6.07, 6.45) is 2.82. The molecule has 21 heavy (non-hydrogen) atoms. The van der Waals surface area contributed by atoms with E-state index in [-0.39, 0.29) is 5.41 Å². The van der Waals surface area contributed by atoms with E-state index in [9.17, 15) is 0 Å². The fourth-order valence-electron chi connectivity index (χ4n) is 2.17. The average molecular weight is 300 g/mol. The molecule has 2 aromatic rings. The van der Waals surface area contributed by atoms with Crippen molar-refractivity contribution in [1.29, 1.82) is 0 Å². The molecule has 1 heterocycles. The molecule has 0 amide bonds. The second-order valence-corrected chi connectivity index (χ2v) is 7.44. The van der Waals surface area contributed by atoms with Gasteiger partial charge in [0.1, 0.15) is 5.03 Å². The van der Waals surface area contributed by atoms with Crippen LogP contribution in [0.3, 0.4) is 0 Å². The van der Waals surface area contributed by atoms with E-state index in [0.29, 0.717) is 6.54 Å². The normalized spacial score (nSPS) is 11.7. The van der Waals surface area contributed by atoms with E-state index in [2.05, 4.69) is 63.0 Å². The first-order chi connectivity index (χ1) is 9.90. The lowest BCUT2D eigenvalue weighted by Gasteiger charge is -2.19. The summed E-state index contributed by atoms with van der Waals surface area (Å²) in [6, 6.07) is 11.0. The van der Waals surface area contributed by atoms with E-state index < -0.39 is 0 Å². The minimum absolute atomic E-state index is 0.196. The van der Waals surface area contributed by atoms with Gasteiger partial charge in [0.2, 0.25) is 0 Å². The molecule has 3 heteroatoms. The summed E-state index contributed by atoms with van der Waals surface area (Å²) in [5.41, 5.74) is 9.56. The summed E-state index contributed by atoms with van der Waals surface area (Å²) in [5.74, 6) is 0. The number of nitrogens with zero attached hydrogens (tertiary/aromatic N) is 1. The highest BCUT2D eigenvalue weighted by molar-refractivity contribution is 7.99. The third kappa shape index (κ3) is 4.32. The zero-order valence-corrected chi connectivity index (χ0v) is 14.1. The summed E-state index contributed by atoms with van der Waals surface area (Å²) < 4.78 is 0. The van der Waals surface area contributed by atoms with Gasteiger partial charge < -0.3 is 5.73 Å². The number of nitrogens with two attached hydrogens (primary N) is 1. The summed E-state index contributed by atoms with van der Waals surface area (Å²) in [7, 11) is 0. The number of benzene rings is 1. The predicted octanol–water partition coefficient (Wildman–Crippen LogP) is 4.34. The van der Waals surface area contributed by atoms with Crippen molar-refractivity contribution in [2.75, 3.05) is 6.54 Å². The summed E-state index contributed by atoms with van der Waals surface area (Å²) in [5, 5.41) is 1.07. The van der Waals surface area contributed by atoms with Gasteiger partial charge in [0, 0.05) is 11.1 Å². The van der Waals surface area contributed by atoms with Gasteiger partial charge in [-0.15, -0.1) is 0 Å². The first-order valence-electron chi connectivity index (χ1n) is 7.34. The lowest BCUT2D eigenvalue weighted by molar-refractivity contribution is 0.590. The van der Waals surface area contributed by atoms with Gasteiger partial charge in [-0.1, -0.05) is 50.7 Å². The van der Waals surface area contributed by atoms with Crippen LogP contribution < -0.4 is 5.73 Å². The van der Waals surface area contributed by atoms with Gasteiger partial charge >= 0.3 is 0 Å². The summed E-state index contributed by atoms with van der Waals surface area (Å²) in [6.45, 7) is 9.48. The molecule has 2 rings (SSSR count). The Morgan fingerprint density at radius 2 is 1.81 bits per heavy atom. The molecule has 0 atom stereocenters. The number of aromatic nitrogens is 1. The zero-order chi connectivity index (χ0) is 15.5. The van der Waals surface area contributed by atoms with Crippen LogP contribution in [0.2, 0.25) is 0 Å². The molecule has 0 saturated heterocycles. The van der Waals surface area contributed by atoms with Gasteiger partial charge in [-0.05, 0) is 54.1 Å². The molecule has 0 unspecified atom stereocenters. The average Bonchev–Trinajstić information content (AvgIpc) is 2.42. The van der Waals surface area contributed by atoms with Crippen molar-refractivity contribution in [3.8, 4) is 0 Å². The maximum atomic E-state index is 5.59. The largest absolute Gasteiger partial charge is 0.330 e. The lowest BCUT2D eigenvalue weighted by atomic mass is 9.87. The Morgan fingerprint density at radius 3 is 2.33 bits per heavy atom. The minimum atomic E-state index is 0.196.